The maximum absolute atomic E-state index is 6.09. The third kappa shape index (κ3) is 4.03. The summed E-state index contributed by atoms with van der Waals surface area (Å²) in [5.41, 5.74) is 2.48. The van der Waals surface area contributed by atoms with Gasteiger partial charge < -0.3 is 14.4 Å². The highest BCUT2D eigenvalue weighted by molar-refractivity contribution is 7.17. The second-order valence-corrected chi connectivity index (χ2v) is 10.1. The molecule has 1 aromatic carbocycles. The van der Waals surface area contributed by atoms with E-state index in [1.54, 1.807) is 17.7 Å². The van der Waals surface area contributed by atoms with Gasteiger partial charge in [0.05, 0.1) is 24.7 Å². The predicted octanol–water partition coefficient (Wildman–Crippen LogP) is 4.06. The zero-order valence-corrected chi connectivity index (χ0v) is 19.2. The van der Waals surface area contributed by atoms with E-state index in [1.165, 1.54) is 22.9 Å². The first-order valence-electron chi connectivity index (χ1n) is 11.8. The van der Waals surface area contributed by atoms with Crippen molar-refractivity contribution < 1.29 is 9.47 Å². The van der Waals surface area contributed by atoms with Gasteiger partial charge in [0, 0.05) is 49.8 Å². The Morgan fingerprint density at radius 3 is 2.78 bits per heavy atom. The molecular formula is C25H30N4O2S. The summed E-state index contributed by atoms with van der Waals surface area (Å²) in [7, 11) is 0. The van der Waals surface area contributed by atoms with Gasteiger partial charge in [-0.15, -0.1) is 11.3 Å². The van der Waals surface area contributed by atoms with Crippen LogP contribution in [0.5, 0.6) is 0 Å². The molecule has 0 N–H and O–H groups in total. The van der Waals surface area contributed by atoms with Crippen LogP contribution in [0.3, 0.4) is 0 Å². The largest absolute Gasteiger partial charge is 0.380 e. The fourth-order valence-corrected chi connectivity index (χ4v) is 6.34. The van der Waals surface area contributed by atoms with Crippen molar-refractivity contribution >= 4 is 27.4 Å². The van der Waals surface area contributed by atoms with Crippen LogP contribution < -0.4 is 4.90 Å². The van der Waals surface area contributed by atoms with E-state index in [1.807, 2.05) is 0 Å². The molecule has 2 bridgehead atoms. The average Bonchev–Trinajstić information content (AvgIpc) is 3.58. The Balaban J connectivity index is 1.05. The van der Waals surface area contributed by atoms with E-state index in [0.29, 0.717) is 18.1 Å². The summed E-state index contributed by atoms with van der Waals surface area (Å²) < 4.78 is 11.8. The zero-order chi connectivity index (χ0) is 21.3. The molecule has 2 unspecified atom stereocenters. The first-order valence-corrected chi connectivity index (χ1v) is 12.7. The third-order valence-electron chi connectivity index (χ3n) is 7.24. The maximum Gasteiger partial charge on any atom is 0.141 e. The van der Waals surface area contributed by atoms with E-state index in [-0.39, 0.29) is 0 Å². The lowest BCUT2D eigenvalue weighted by molar-refractivity contribution is 0.0104. The number of nitrogens with zero attached hydrogens (tertiary/aromatic N) is 4. The van der Waals surface area contributed by atoms with Crippen molar-refractivity contribution in [2.75, 3.05) is 50.9 Å². The summed E-state index contributed by atoms with van der Waals surface area (Å²) in [4.78, 5) is 15.3. The van der Waals surface area contributed by atoms with Crippen LogP contribution in [0, 0.1) is 5.92 Å². The lowest BCUT2D eigenvalue weighted by Crippen LogP contribution is -2.39. The molecule has 0 amide bonds. The van der Waals surface area contributed by atoms with Gasteiger partial charge in [-0.25, -0.2) is 9.97 Å². The highest BCUT2D eigenvalue weighted by atomic mass is 32.1. The van der Waals surface area contributed by atoms with Crippen LogP contribution >= 0.6 is 11.3 Å². The van der Waals surface area contributed by atoms with Crippen LogP contribution in [0.15, 0.2) is 42.0 Å². The molecule has 168 valence electrons. The predicted molar refractivity (Wildman–Crippen MR) is 128 cm³/mol. The first-order chi connectivity index (χ1) is 15.8. The van der Waals surface area contributed by atoms with E-state index in [9.17, 15) is 0 Å². The summed E-state index contributed by atoms with van der Waals surface area (Å²) in [6.45, 7) is 6.81. The molecule has 6 rings (SSSR count). The highest BCUT2D eigenvalue weighted by Gasteiger charge is 2.38. The molecule has 3 saturated heterocycles. The van der Waals surface area contributed by atoms with Gasteiger partial charge in [-0.3, -0.25) is 4.90 Å². The molecule has 3 aromatic rings. The van der Waals surface area contributed by atoms with Crippen molar-refractivity contribution in [2.45, 2.75) is 31.4 Å². The highest BCUT2D eigenvalue weighted by Crippen LogP contribution is 2.38. The van der Waals surface area contributed by atoms with E-state index in [2.05, 4.69) is 50.5 Å². The van der Waals surface area contributed by atoms with Crippen molar-refractivity contribution in [3.05, 3.63) is 42.0 Å². The second kappa shape index (κ2) is 9.06. The van der Waals surface area contributed by atoms with Crippen molar-refractivity contribution in [2.24, 2.45) is 5.92 Å². The van der Waals surface area contributed by atoms with Gasteiger partial charge in [0.2, 0.25) is 0 Å². The third-order valence-corrected chi connectivity index (χ3v) is 8.13. The van der Waals surface area contributed by atoms with Gasteiger partial charge in [-0.05, 0) is 30.7 Å². The minimum atomic E-state index is 0.475. The SMILES string of the molecule is c1ccc(-c2csc3ncnc(N4CCC(COCCN5CC6CC5CO6)CC4)c23)cc1. The number of fused-ring (bicyclic) bond motifs is 3. The molecule has 0 aliphatic carbocycles. The van der Waals surface area contributed by atoms with Crippen LogP contribution in [0.2, 0.25) is 0 Å². The Bertz CT molecular complexity index is 1050. The fraction of sp³-hybridized carbons (Fsp3) is 0.520. The number of anilines is 1. The number of aromatic nitrogens is 2. The number of piperidine rings is 1. The number of morpholine rings is 1. The molecule has 0 saturated carbocycles. The standard InChI is InChI=1S/C25H30N4O2S/c1-2-4-19(5-3-1)22-16-32-25-23(22)24(26-17-27-25)28-8-6-18(7-9-28)14-30-11-10-29-13-21-12-20(29)15-31-21/h1-5,16-18,20-21H,6-15H2. The number of benzene rings is 1. The normalized spacial score (nSPS) is 24.1. The van der Waals surface area contributed by atoms with E-state index in [4.69, 9.17) is 14.5 Å². The quantitative estimate of drug-likeness (QED) is 0.506. The van der Waals surface area contributed by atoms with Crippen molar-refractivity contribution in [1.29, 1.82) is 0 Å². The molecule has 2 atom stereocenters. The van der Waals surface area contributed by atoms with E-state index in [0.717, 1.165) is 69.5 Å². The van der Waals surface area contributed by atoms with Gasteiger partial charge in [-0.1, -0.05) is 30.3 Å². The Morgan fingerprint density at radius 1 is 1.12 bits per heavy atom. The number of rotatable bonds is 7. The monoisotopic (exact) mass is 450 g/mol. The molecule has 32 heavy (non-hydrogen) atoms. The number of ether oxygens (including phenoxy) is 2. The topological polar surface area (TPSA) is 50.7 Å². The lowest BCUT2D eigenvalue weighted by Gasteiger charge is -2.33. The summed E-state index contributed by atoms with van der Waals surface area (Å²) in [6, 6.07) is 11.2. The van der Waals surface area contributed by atoms with E-state index < -0.39 is 0 Å². The molecule has 3 aliphatic heterocycles. The number of thiophene rings is 1. The molecule has 2 aromatic heterocycles. The molecule has 7 heteroatoms. The van der Waals surface area contributed by atoms with Gasteiger partial charge >= 0.3 is 0 Å². The van der Waals surface area contributed by atoms with Crippen LogP contribution in [0.1, 0.15) is 19.3 Å². The Hall–Kier alpha value is -2.06. The molecule has 6 nitrogen and oxygen atoms in total. The average molecular weight is 451 g/mol. The number of hydrogen-bond acceptors (Lipinski definition) is 7. The van der Waals surface area contributed by atoms with Crippen molar-refractivity contribution in [3.8, 4) is 11.1 Å². The summed E-state index contributed by atoms with van der Waals surface area (Å²) in [5.74, 6) is 1.72. The minimum Gasteiger partial charge on any atom is -0.380 e. The van der Waals surface area contributed by atoms with Gasteiger partial charge in [0.15, 0.2) is 0 Å². The zero-order valence-electron chi connectivity index (χ0n) is 18.4. The smallest absolute Gasteiger partial charge is 0.141 e. The van der Waals surface area contributed by atoms with Gasteiger partial charge in [0.25, 0.3) is 0 Å². The maximum atomic E-state index is 6.09. The molecule has 3 fully saturated rings. The summed E-state index contributed by atoms with van der Waals surface area (Å²) in [6.07, 6.45) is 5.71. The Labute approximate surface area is 193 Å². The molecular weight excluding hydrogens is 420 g/mol. The van der Waals surface area contributed by atoms with E-state index >= 15 is 0 Å². The molecule has 0 spiro atoms. The summed E-state index contributed by atoms with van der Waals surface area (Å²) in [5, 5.41) is 3.42. The van der Waals surface area contributed by atoms with Crippen LogP contribution in [0.4, 0.5) is 5.82 Å². The molecule has 5 heterocycles. The Kier molecular flexibility index (Phi) is 5.81. The van der Waals surface area contributed by atoms with Crippen molar-refractivity contribution in [3.63, 3.8) is 0 Å². The van der Waals surface area contributed by atoms with Crippen LogP contribution in [-0.2, 0) is 9.47 Å². The molecule has 3 aliphatic rings. The van der Waals surface area contributed by atoms with Crippen molar-refractivity contribution in [1.82, 2.24) is 14.9 Å². The van der Waals surface area contributed by atoms with Crippen LogP contribution in [-0.4, -0.2) is 73.0 Å². The van der Waals surface area contributed by atoms with Crippen LogP contribution in [0.25, 0.3) is 21.3 Å². The Morgan fingerprint density at radius 2 is 2.00 bits per heavy atom. The lowest BCUT2D eigenvalue weighted by atomic mass is 9.97. The molecule has 0 radical (unpaired) electrons. The summed E-state index contributed by atoms with van der Waals surface area (Å²) >= 11 is 1.71. The first kappa shape index (κ1) is 20.5. The fourth-order valence-electron chi connectivity index (χ4n) is 5.43. The van der Waals surface area contributed by atoms with Gasteiger partial charge in [0.1, 0.15) is 17.0 Å². The minimum absolute atomic E-state index is 0.475. The van der Waals surface area contributed by atoms with Gasteiger partial charge in [-0.2, -0.15) is 0 Å². The second-order valence-electron chi connectivity index (χ2n) is 9.24. The number of hydrogen-bond donors (Lipinski definition) is 0. The number of likely N-dealkylation sites (tertiary alicyclic amines) is 1.